The van der Waals surface area contributed by atoms with Gasteiger partial charge in [-0.2, -0.15) is 0 Å². The second kappa shape index (κ2) is 9.24. The van der Waals surface area contributed by atoms with E-state index >= 15 is 0 Å². The smallest absolute Gasteiger partial charge is 0.320 e. The molecule has 0 fully saturated rings. The van der Waals surface area contributed by atoms with Crippen LogP contribution in [-0.4, -0.2) is 45.6 Å². The monoisotopic (exact) mass is 225 g/mol. The van der Waals surface area contributed by atoms with Crippen LogP contribution in [0, 0.1) is 0 Å². The van der Waals surface area contributed by atoms with E-state index in [9.17, 15) is 9.59 Å². The molecule has 0 radical (unpaired) electrons. The zero-order chi connectivity index (χ0) is 8.15. The van der Waals surface area contributed by atoms with Gasteiger partial charge in [0.05, 0.1) is 0 Å². The number of carboxylic acid groups (broad SMARTS) is 2. The van der Waals surface area contributed by atoms with Gasteiger partial charge >= 0.3 is 11.9 Å². The molecule has 0 amide bonds. The van der Waals surface area contributed by atoms with E-state index in [1.807, 2.05) is 0 Å². The molecule has 0 rings (SSSR count). The molecular weight excluding hydrogens is 213 g/mol. The quantitative estimate of drug-likeness (QED) is 0.484. The third-order valence-corrected chi connectivity index (χ3v) is 0.986. The Balaban J connectivity index is -0.000000405. The van der Waals surface area contributed by atoms with Crippen LogP contribution >= 0.6 is 0 Å². The Morgan fingerprint density at radius 2 is 1.75 bits per heavy atom. The van der Waals surface area contributed by atoms with Gasteiger partial charge in [-0.05, 0) is 6.42 Å². The normalized spacial score (nSPS) is 10.4. The van der Waals surface area contributed by atoms with Crippen molar-refractivity contribution in [2.75, 3.05) is 0 Å². The molecule has 0 aromatic heterocycles. The number of carboxylic acids is 2. The van der Waals surface area contributed by atoms with Crippen molar-refractivity contribution in [1.29, 1.82) is 0 Å². The van der Waals surface area contributed by atoms with E-state index in [0.29, 0.717) is 0 Å². The van der Waals surface area contributed by atoms with E-state index in [0.717, 1.165) is 0 Å². The second-order valence-corrected chi connectivity index (χ2v) is 1.88. The topological polar surface area (TPSA) is 101 Å². The van der Waals surface area contributed by atoms with E-state index < -0.39 is 18.0 Å². The Labute approximate surface area is 95.3 Å². The summed E-state index contributed by atoms with van der Waals surface area (Å²) in [4.78, 5) is 19.9. The first-order valence-corrected chi connectivity index (χ1v) is 2.74. The molecule has 0 spiro atoms. The fourth-order valence-corrected chi connectivity index (χ4v) is 0.402. The van der Waals surface area contributed by atoms with Crippen molar-refractivity contribution < 1.29 is 41.5 Å². The van der Waals surface area contributed by atoms with Crippen LogP contribution < -0.4 is 5.73 Å². The molecule has 1 atom stereocenters. The molecule has 68 valence electrons. The Hall–Kier alpha value is 0.147. The summed E-state index contributed by atoms with van der Waals surface area (Å²) in [6.07, 6.45) is -0.224. The van der Waals surface area contributed by atoms with Gasteiger partial charge in [-0.1, -0.05) is 0 Å². The molecule has 0 aromatic rings. The molecule has 0 aromatic carbocycles. The van der Waals surface area contributed by atoms with Gasteiger partial charge in [-0.25, -0.2) is 0 Å². The van der Waals surface area contributed by atoms with Crippen molar-refractivity contribution in [1.82, 2.24) is 0 Å². The van der Waals surface area contributed by atoms with Crippen LogP contribution in [0.3, 0.4) is 0 Å². The summed E-state index contributed by atoms with van der Waals surface area (Å²) < 4.78 is 0. The average Bonchev–Trinajstić information content (AvgIpc) is 1.82. The van der Waals surface area contributed by atoms with Crippen molar-refractivity contribution in [2.24, 2.45) is 5.73 Å². The summed E-state index contributed by atoms with van der Waals surface area (Å²) >= 11 is 0. The van der Waals surface area contributed by atoms with Crippen molar-refractivity contribution in [3.63, 3.8) is 0 Å². The van der Waals surface area contributed by atoms with Gasteiger partial charge < -0.3 is 15.9 Å². The molecule has 1 unspecified atom stereocenters. The maximum absolute atomic E-state index is 9.99. The third kappa shape index (κ3) is 10.1. The average molecular weight is 225 g/mol. The summed E-state index contributed by atoms with van der Waals surface area (Å²) in [7, 11) is 0. The molecule has 0 aliphatic rings. The van der Waals surface area contributed by atoms with Crippen LogP contribution in [-0.2, 0) is 31.3 Å². The fourth-order valence-electron chi connectivity index (χ4n) is 0.402. The van der Waals surface area contributed by atoms with Gasteiger partial charge in [-0.15, -0.1) is 0 Å². The predicted molar refractivity (Wildman–Crippen MR) is 42.4 cm³/mol. The van der Waals surface area contributed by atoms with E-state index in [1.54, 1.807) is 0 Å². The van der Waals surface area contributed by atoms with Gasteiger partial charge in [0, 0.05) is 28.1 Å². The number of rotatable bonds is 4. The largest absolute Gasteiger partial charge is 0.481 e. The maximum Gasteiger partial charge on any atom is 0.320 e. The number of nitrogens with two attached hydrogens (primary N) is 1. The summed E-state index contributed by atoms with van der Waals surface area (Å²) in [5, 5.41) is 16.3. The Morgan fingerprint density at radius 3 is 2.00 bits per heavy atom. The summed E-state index contributed by atoms with van der Waals surface area (Å²) in [6, 6.07) is -1.06. The molecule has 0 saturated carbocycles. The van der Waals surface area contributed by atoms with Crippen molar-refractivity contribution in [2.45, 2.75) is 18.9 Å². The zero-order valence-electron chi connectivity index (χ0n) is 5.78. The van der Waals surface area contributed by atoms with Gasteiger partial charge in [0.25, 0.3) is 0 Å². The molecule has 12 heavy (non-hydrogen) atoms. The van der Waals surface area contributed by atoms with Crippen LogP contribution in [0.15, 0.2) is 0 Å². The van der Waals surface area contributed by atoms with Crippen molar-refractivity contribution in [3.05, 3.63) is 0 Å². The van der Waals surface area contributed by atoms with Gasteiger partial charge in [0.2, 0.25) is 0 Å². The van der Waals surface area contributed by atoms with Crippen molar-refractivity contribution in [3.8, 4) is 0 Å². The molecule has 0 aliphatic carbocycles. The van der Waals surface area contributed by atoms with Crippen LogP contribution in [0.1, 0.15) is 12.8 Å². The van der Waals surface area contributed by atoms with Gasteiger partial charge in [0.1, 0.15) is 6.04 Å². The van der Waals surface area contributed by atoms with E-state index in [2.05, 4.69) is 0 Å². The van der Waals surface area contributed by atoms with E-state index in [4.69, 9.17) is 15.9 Å². The van der Waals surface area contributed by atoms with Gasteiger partial charge in [0.15, 0.2) is 17.4 Å². The second-order valence-electron chi connectivity index (χ2n) is 1.88. The first-order chi connectivity index (χ1) is 4.54. The fraction of sp³-hybridized carbons (Fsp3) is 0.600. The molecule has 4 N–H and O–H groups in total. The number of aliphatic carboxylic acids is 2. The summed E-state index contributed by atoms with van der Waals surface area (Å²) in [6.45, 7) is 0. The number of hydrogen-bond donors (Lipinski definition) is 3. The first-order valence-electron chi connectivity index (χ1n) is 2.74. The first kappa shape index (κ1) is 18.0. The zero-order valence-corrected chi connectivity index (χ0v) is 7.34. The molecule has 0 bridgehead atoms. The Bertz CT molecular complexity index is 154. The summed E-state index contributed by atoms with van der Waals surface area (Å²) in [5.41, 5.74) is 5.00. The molecule has 0 saturated heterocycles. The third-order valence-electron chi connectivity index (χ3n) is 0.986. The number of hydrogen-bond acceptors (Lipinski definition) is 3. The minimum atomic E-state index is -1.17. The standard InChI is InChI=1S/C5H9NO4.Al.Ti.3H/c6-3(5(9)10)1-2-4(7)8;;;;;/h3H,1-2,6H2,(H,7,8)(H,9,10);;;;;. The Kier molecular flexibility index (Phi) is 13.9. The van der Waals surface area contributed by atoms with E-state index in [1.165, 1.54) is 0 Å². The minimum Gasteiger partial charge on any atom is -0.481 e. The minimum absolute atomic E-state index is 0. The maximum atomic E-state index is 9.99. The molecule has 5 nitrogen and oxygen atoms in total. The molecular formula is C5H12AlNO4Ti. The Morgan fingerprint density at radius 1 is 1.33 bits per heavy atom. The van der Waals surface area contributed by atoms with Crippen LogP contribution in [0.4, 0.5) is 0 Å². The van der Waals surface area contributed by atoms with Crippen LogP contribution in [0.25, 0.3) is 0 Å². The molecule has 0 heterocycles. The predicted octanol–water partition coefficient (Wildman–Crippen LogP) is -1.92. The van der Waals surface area contributed by atoms with Crippen molar-refractivity contribution >= 4 is 29.3 Å². The van der Waals surface area contributed by atoms with Crippen LogP contribution in [0.2, 0.25) is 0 Å². The van der Waals surface area contributed by atoms with Gasteiger partial charge in [-0.3, -0.25) is 9.59 Å². The SMILES string of the molecule is NC(CCC(=O)O)C(=O)O.[AlH3].[Ti]. The number of carbonyl (C=O) groups is 2. The van der Waals surface area contributed by atoms with E-state index in [-0.39, 0.29) is 51.9 Å². The summed E-state index contributed by atoms with van der Waals surface area (Å²) in [5.74, 6) is -2.20. The van der Waals surface area contributed by atoms with Crippen LogP contribution in [0.5, 0.6) is 0 Å². The molecule has 7 heteroatoms. The molecule has 0 aliphatic heterocycles.